The molecule has 0 atom stereocenters. The van der Waals surface area contributed by atoms with Gasteiger partial charge in [-0.05, 0) is 28.8 Å². The van der Waals surface area contributed by atoms with E-state index in [2.05, 4.69) is 6.58 Å². The zero-order chi connectivity index (χ0) is 19.5. The second-order valence-corrected chi connectivity index (χ2v) is 7.14. The lowest BCUT2D eigenvalue weighted by Crippen LogP contribution is -2.09. The summed E-state index contributed by atoms with van der Waals surface area (Å²) in [5, 5.41) is 0. The molecule has 0 amide bonds. The van der Waals surface area contributed by atoms with Crippen molar-refractivity contribution in [2.24, 2.45) is 0 Å². The van der Waals surface area contributed by atoms with Crippen LogP contribution in [-0.2, 0) is 37.5 Å². The van der Waals surface area contributed by atoms with Gasteiger partial charge in [-0.1, -0.05) is 49.1 Å². The fraction of sp³-hybridized carbons (Fsp3) is 0.300. The molecule has 0 aromatic heterocycles. The van der Waals surface area contributed by atoms with Gasteiger partial charge in [-0.3, -0.25) is 0 Å². The average Bonchev–Trinajstić information content (AvgIpc) is 2.67. The second kappa shape index (κ2) is 11.0. The average molecular weight is 391 g/mol. The molecule has 0 aliphatic rings. The van der Waals surface area contributed by atoms with Crippen molar-refractivity contribution in [3.05, 3.63) is 71.8 Å². The zero-order valence-electron chi connectivity index (χ0n) is 15.0. The van der Waals surface area contributed by atoms with Gasteiger partial charge in [0.1, 0.15) is 10.1 Å². The van der Waals surface area contributed by atoms with Crippen LogP contribution in [0.2, 0.25) is 0 Å². The van der Waals surface area contributed by atoms with Gasteiger partial charge in [0.2, 0.25) is 0 Å². The Morgan fingerprint density at radius 2 is 1.22 bits per heavy atom. The van der Waals surface area contributed by atoms with Crippen molar-refractivity contribution in [1.82, 2.24) is 0 Å². The third-order valence-electron chi connectivity index (χ3n) is 3.71. The number of rotatable bonds is 12. The second-order valence-electron chi connectivity index (χ2n) is 5.76. The van der Waals surface area contributed by atoms with Crippen molar-refractivity contribution in [2.75, 3.05) is 26.4 Å². The maximum absolute atomic E-state index is 10.8. The molecule has 0 spiro atoms. The minimum atomic E-state index is -4.41. The molecule has 27 heavy (non-hydrogen) atoms. The number of ether oxygens (including phenoxy) is 3. The lowest BCUT2D eigenvalue weighted by atomic mass is 10.1. The fourth-order valence-corrected chi connectivity index (χ4v) is 2.69. The van der Waals surface area contributed by atoms with Gasteiger partial charge in [-0.25, -0.2) is 8.42 Å². The highest BCUT2D eigenvalue weighted by Gasteiger charge is 2.01. The van der Waals surface area contributed by atoms with E-state index in [4.69, 9.17) is 14.2 Å². The molecule has 0 fully saturated rings. The molecule has 2 rings (SSSR count). The highest BCUT2D eigenvalue weighted by molar-refractivity contribution is 7.85. The van der Waals surface area contributed by atoms with E-state index < -0.39 is 10.1 Å². The third-order valence-corrected chi connectivity index (χ3v) is 4.56. The lowest BCUT2D eigenvalue weighted by molar-refractivity contribution is 0.00703. The van der Waals surface area contributed by atoms with Crippen LogP contribution in [0.5, 0.6) is 0 Å². The van der Waals surface area contributed by atoms with Gasteiger partial charge in [-0.2, -0.15) is 0 Å². The molecule has 146 valence electrons. The predicted molar refractivity (Wildman–Crippen MR) is 101 cm³/mol. The fourth-order valence-electron chi connectivity index (χ4n) is 2.22. The number of hydrogen-bond donors (Lipinski definition) is 0. The third kappa shape index (κ3) is 8.03. The number of hydrogen-bond acceptors (Lipinski definition) is 6. The van der Waals surface area contributed by atoms with Crippen LogP contribution in [0.3, 0.4) is 0 Å². The summed E-state index contributed by atoms with van der Waals surface area (Å²) in [5.74, 6) is 0. The van der Waals surface area contributed by atoms with Crippen LogP contribution in [-0.4, -0.2) is 39.4 Å². The molecule has 2 aromatic carbocycles. The van der Waals surface area contributed by atoms with E-state index in [1.54, 1.807) is 18.2 Å². The first-order valence-corrected chi connectivity index (χ1v) is 9.89. The van der Waals surface area contributed by atoms with Crippen LogP contribution < -0.4 is 0 Å². The Kier molecular flexibility index (Phi) is 8.63. The van der Waals surface area contributed by atoms with Crippen LogP contribution >= 0.6 is 0 Å². The highest BCUT2D eigenvalue weighted by atomic mass is 32.2. The Bertz CT molecular complexity index is 797. The maximum atomic E-state index is 10.8. The Labute approximate surface area is 160 Å². The summed E-state index contributed by atoms with van der Waals surface area (Å²) in [6, 6.07) is 13.7. The SMILES string of the molecule is C=Cc1ccc(COCCOCCOCc2ccc(S(=O)(=O)[O-])cc2)cc1. The molecule has 0 unspecified atom stereocenters. The van der Waals surface area contributed by atoms with Gasteiger partial charge in [-0.15, -0.1) is 0 Å². The topological polar surface area (TPSA) is 84.9 Å². The molecule has 6 nitrogen and oxygen atoms in total. The summed E-state index contributed by atoms with van der Waals surface area (Å²) >= 11 is 0. The van der Waals surface area contributed by atoms with Gasteiger partial charge in [0, 0.05) is 0 Å². The van der Waals surface area contributed by atoms with Gasteiger partial charge >= 0.3 is 0 Å². The van der Waals surface area contributed by atoms with Crippen molar-refractivity contribution in [2.45, 2.75) is 18.1 Å². The summed E-state index contributed by atoms with van der Waals surface area (Å²) < 4.78 is 48.9. The Hall–Kier alpha value is -2.03. The van der Waals surface area contributed by atoms with Crippen LogP contribution in [0.15, 0.2) is 60.0 Å². The van der Waals surface area contributed by atoms with Crippen LogP contribution in [0.25, 0.3) is 6.08 Å². The van der Waals surface area contributed by atoms with E-state index in [1.165, 1.54) is 12.1 Å². The lowest BCUT2D eigenvalue weighted by Gasteiger charge is -2.09. The molecule has 0 aliphatic heterocycles. The van der Waals surface area contributed by atoms with Crippen molar-refractivity contribution in [1.29, 1.82) is 0 Å². The van der Waals surface area contributed by atoms with Crippen molar-refractivity contribution in [3.63, 3.8) is 0 Å². The predicted octanol–water partition coefficient (Wildman–Crippen LogP) is 2.98. The van der Waals surface area contributed by atoms with Gasteiger partial charge in [0.25, 0.3) is 0 Å². The molecule has 7 heteroatoms. The maximum Gasteiger partial charge on any atom is 0.124 e. The molecule has 0 N–H and O–H groups in total. The van der Waals surface area contributed by atoms with E-state index in [0.29, 0.717) is 39.6 Å². The summed E-state index contributed by atoms with van der Waals surface area (Å²) in [6.07, 6.45) is 1.80. The minimum Gasteiger partial charge on any atom is -0.744 e. The quantitative estimate of drug-likeness (QED) is 0.408. The molecule has 2 aromatic rings. The van der Waals surface area contributed by atoms with Gasteiger partial charge in [0.15, 0.2) is 0 Å². The van der Waals surface area contributed by atoms with Crippen LogP contribution in [0.4, 0.5) is 0 Å². The van der Waals surface area contributed by atoms with E-state index in [9.17, 15) is 13.0 Å². The van der Waals surface area contributed by atoms with Gasteiger partial charge < -0.3 is 18.8 Å². The molecule has 0 aliphatic carbocycles. The van der Waals surface area contributed by atoms with Gasteiger partial charge in [0.05, 0.1) is 44.5 Å². The van der Waals surface area contributed by atoms with Crippen LogP contribution in [0, 0.1) is 0 Å². The first kappa shape index (κ1) is 21.3. The van der Waals surface area contributed by atoms with E-state index >= 15 is 0 Å². The Balaban J connectivity index is 1.50. The summed E-state index contributed by atoms with van der Waals surface area (Å²) in [6.45, 7) is 6.38. The first-order chi connectivity index (χ1) is 13.0. The molecule has 0 bridgehead atoms. The van der Waals surface area contributed by atoms with E-state index in [-0.39, 0.29) is 4.90 Å². The minimum absolute atomic E-state index is 0.244. The monoisotopic (exact) mass is 391 g/mol. The standard InChI is InChI=1S/C20H24O6S/c1-2-17-3-5-18(6-4-17)15-25-13-11-24-12-14-26-16-19-7-9-20(10-8-19)27(21,22)23/h2-10H,1,11-16H2,(H,21,22,23)/p-1. The molecular weight excluding hydrogens is 368 g/mol. The largest absolute Gasteiger partial charge is 0.744 e. The number of benzene rings is 2. The molecular formula is C20H23O6S-. The molecule has 0 radical (unpaired) electrons. The highest BCUT2D eigenvalue weighted by Crippen LogP contribution is 2.10. The summed E-state index contributed by atoms with van der Waals surface area (Å²) in [7, 11) is -4.41. The molecule has 0 heterocycles. The first-order valence-electron chi connectivity index (χ1n) is 8.48. The van der Waals surface area contributed by atoms with E-state index in [0.717, 1.165) is 16.7 Å². The smallest absolute Gasteiger partial charge is 0.124 e. The van der Waals surface area contributed by atoms with Crippen LogP contribution in [0.1, 0.15) is 16.7 Å². The van der Waals surface area contributed by atoms with E-state index in [1.807, 2.05) is 24.3 Å². The Morgan fingerprint density at radius 3 is 1.67 bits per heavy atom. The molecule has 0 saturated heterocycles. The summed E-state index contributed by atoms with van der Waals surface area (Å²) in [4.78, 5) is -0.244. The normalized spacial score (nSPS) is 11.4. The Morgan fingerprint density at radius 1 is 0.778 bits per heavy atom. The molecule has 0 saturated carbocycles. The van der Waals surface area contributed by atoms with Crippen molar-refractivity contribution < 1.29 is 27.2 Å². The van der Waals surface area contributed by atoms with Crippen molar-refractivity contribution >= 4 is 16.2 Å². The summed E-state index contributed by atoms with van der Waals surface area (Å²) in [5.41, 5.74) is 2.96. The zero-order valence-corrected chi connectivity index (χ0v) is 15.8. The van der Waals surface area contributed by atoms with Crippen molar-refractivity contribution in [3.8, 4) is 0 Å².